The molecular weight excluding hydrogens is 727 g/mol. The first-order valence-electron chi connectivity index (χ1n) is 16.7. The van der Waals surface area contributed by atoms with E-state index in [1.54, 1.807) is 56.7 Å². The van der Waals surface area contributed by atoms with Crippen molar-refractivity contribution in [3.63, 3.8) is 0 Å². The van der Waals surface area contributed by atoms with Crippen LogP contribution >= 0.6 is 11.6 Å². The summed E-state index contributed by atoms with van der Waals surface area (Å²) >= 11 is 6.80. The van der Waals surface area contributed by atoms with Crippen LogP contribution in [0.25, 0.3) is 22.2 Å². The van der Waals surface area contributed by atoms with Crippen molar-refractivity contribution >= 4 is 46.1 Å². The molecular formula is C35H38ClF5N8O4. The second-order valence-electron chi connectivity index (χ2n) is 14.0. The van der Waals surface area contributed by atoms with Gasteiger partial charge in [0.1, 0.15) is 48.0 Å². The molecule has 0 radical (unpaired) electrons. The van der Waals surface area contributed by atoms with Gasteiger partial charge in [0, 0.05) is 24.3 Å². The zero-order valence-corrected chi connectivity index (χ0v) is 30.5. The van der Waals surface area contributed by atoms with Crippen LogP contribution in [0.15, 0.2) is 24.4 Å². The van der Waals surface area contributed by atoms with Crippen LogP contribution in [0, 0.1) is 12.7 Å². The molecule has 18 heteroatoms. The molecule has 12 nitrogen and oxygen atoms in total. The second-order valence-corrected chi connectivity index (χ2v) is 14.4. The molecule has 3 aromatic heterocycles. The number of aromatic nitrogens is 4. The second kappa shape index (κ2) is 14.2. The van der Waals surface area contributed by atoms with Gasteiger partial charge in [-0.25, -0.2) is 23.5 Å². The number of nitrogens with two attached hydrogens (primary N) is 1. The van der Waals surface area contributed by atoms with E-state index in [4.69, 9.17) is 31.5 Å². The molecule has 0 aliphatic carbocycles. The van der Waals surface area contributed by atoms with E-state index >= 15 is 4.39 Å². The smallest absolute Gasteiger partial charge is 0.418 e. The quantitative estimate of drug-likeness (QED) is 0.181. The average Bonchev–Trinajstić information content (AvgIpc) is 3.24. The number of pyridine rings is 2. The summed E-state index contributed by atoms with van der Waals surface area (Å²) in [6, 6.07) is 3.08. The van der Waals surface area contributed by atoms with Crippen molar-refractivity contribution in [1.82, 2.24) is 24.8 Å². The van der Waals surface area contributed by atoms with Gasteiger partial charge in [-0.3, -0.25) is 10.2 Å². The number of nitrogens with one attached hydrogen (secondary N) is 1. The number of rotatable bonds is 7. The summed E-state index contributed by atoms with van der Waals surface area (Å²) < 4.78 is 92.2. The van der Waals surface area contributed by atoms with Crippen LogP contribution in [0.1, 0.15) is 56.8 Å². The SMILES string of the molecule is Cc1cc(N)nc(-c2c(Cl)c3c4c(nc(OC[C@@H]5C[C@@H](F)CN5C)nc4c2F)N([C@H](C)c2cccnc2NC(=O)OC(C)(C)C)CCO3)c1C(F)(F)F. The Morgan fingerprint density at radius 2 is 1.96 bits per heavy atom. The molecule has 3 N–H and O–H groups in total. The van der Waals surface area contributed by atoms with Crippen LogP contribution in [0.3, 0.4) is 0 Å². The van der Waals surface area contributed by atoms with E-state index in [9.17, 15) is 22.4 Å². The van der Waals surface area contributed by atoms with Gasteiger partial charge in [-0.2, -0.15) is 23.1 Å². The summed E-state index contributed by atoms with van der Waals surface area (Å²) in [6.07, 6.45) is -5.12. The lowest BCUT2D eigenvalue weighted by Gasteiger charge is -2.31. The number of nitrogens with zero attached hydrogens (tertiary/aromatic N) is 6. The number of amides is 1. The maximum atomic E-state index is 17.0. The third-order valence-corrected chi connectivity index (χ3v) is 9.33. The monoisotopic (exact) mass is 764 g/mol. The zero-order valence-electron chi connectivity index (χ0n) is 29.7. The number of carbonyl (C=O) groups is 1. The largest absolute Gasteiger partial charge is 0.489 e. The molecule has 53 heavy (non-hydrogen) atoms. The third kappa shape index (κ3) is 7.67. The molecule has 2 aliphatic rings. The van der Waals surface area contributed by atoms with Crippen LogP contribution in [0.2, 0.25) is 5.02 Å². The van der Waals surface area contributed by atoms with Crippen molar-refractivity contribution in [2.45, 2.75) is 71.1 Å². The van der Waals surface area contributed by atoms with E-state index < -0.39 is 63.3 Å². The minimum Gasteiger partial charge on any atom is -0.489 e. The van der Waals surface area contributed by atoms with Gasteiger partial charge in [-0.1, -0.05) is 17.7 Å². The predicted octanol–water partition coefficient (Wildman–Crippen LogP) is 7.52. The van der Waals surface area contributed by atoms with Gasteiger partial charge in [0.15, 0.2) is 11.6 Å². The molecule has 284 valence electrons. The number of hydrogen-bond donors (Lipinski definition) is 2. The van der Waals surface area contributed by atoms with Crippen molar-refractivity contribution in [1.29, 1.82) is 0 Å². The van der Waals surface area contributed by atoms with Gasteiger partial charge in [0.05, 0.1) is 39.8 Å². The zero-order chi connectivity index (χ0) is 38.6. The summed E-state index contributed by atoms with van der Waals surface area (Å²) in [5.41, 5.74) is 2.04. The molecule has 0 saturated carbocycles. The van der Waals surface area contributed by atoms with Crippen LogP contribution in [-0.2, 0) is 10.9 Å². The fraction of sp³-hybridized carbons (Fsp3) is 0.457. The number of benzene rings is 1. The fourth-order valence-electron chi connectivity index (χ4n) is 6.62. The van der Waals surface area contributed by atoms with E-state index in [-0.39, 0.29) is 78.9 Å². The molecule has 6 rings (SSSR count). The highest BCUT2D eigenvalue weighted by Gasteiger charge is 2.40. The third-order valence-electron chi connectivity index (χ3n) is 8.97. The minimum absolute atomic E-state index is 0.0468. The van der Waals surface area contributed by atoms with Crippen molar-refractivity contribution in [3.05, 3.63) is 51.9 Å². The highest BCUT2D eigenvalue weighted by atomic mass is 35.5. The number of ether oxygens (including phenoxy) is 3. The normalized spacial score (nSPS) is 18.5. The molecule has 0 bridgehead atoms. The summed E-state index contributed by atoms with van der Waals surface area (Å²) in [7, 11) is 1.74. The number of aryl methyl sites for hydroxylation is 1. The Morgan fingerprint density at radius 1 is 1.23 bits per heavy atom. The lowest BCUT2D eigenvalue weighted by Crippen LogP contribution is -2.33. The molecule has 1 saturated heterocycles. The Morgan fingerprint density at radius 3 is 2.62 bits per heavy atom. The van der Waals surface area contributed by atoms with E-state index in [1.165, 1.54) is 13.1 Å². The Hall–Kier alpha value is -4.77. The van der Waals surface area contributed by atoms with Crippen LogP contribution in [0.5, 0.6) is 11.8 Å². The van der Waals surface area contributed by atoms with E-state index in [0.29, 0.717) is 5.56 Å². The van der Waals surface area contributed by atoms with Crippen molar-refractivity contribution in [3.8, 4) is 23.0 Å². The van der Waals surface area contributed by atoms with Crippen molar-refractivity contribution in [2.75, 3.05) is 49.3 Å². The summed E-state index contributed by atoms with van der Waals surface area (Å²) in [5.74, 6) is -1.48. The highest BCUT2D eigenvalue weighted by Crippen LogP contribution is 2.51. The first-order chi connectivity index (χ1) is 24.8. The number of likely N-dealkylation sites (N-methyl/N-ethyl adjacent to an activating group) is 1. The molecule has 0 unspecified atom stereocenters. The van der Waals surface area contributed by atoms with Gasteiger partial charge >= 0.3 is 18.3 Å². The number of anilines is 3. The number of halogens is 6. The number of likely N-dealkylation sites (tertiary alicyclic amines) is 1. The summed E-state index contributed by atoms with van der Waals surface area (Å²) in [4.78, 5) is 33.5. The van der Waals surface area contributed by atoms with Crippen molar-refractivity contribution < 1.29 is 41.0 Å². The lowest BCUT2D eigenvalue weighted by molar-refractivity contribution is -0.137. The number of carbonyl (C=O) groups excluding carboxylic acids is 1. The maximum Gasteiger partial charge on any atom is 0.418 e. The Bertz CT molecular complexity index is 2060. The van der Waals surface area contributed by atoms with E-state index in [0.717, 1.165) is 6.07 Å². The summed E-state index contributed by atoms with van der Waals surface area (Å²) in [5, 5.41) is 2.13. The maximum absolute atomic E-state index is 17.0. The molecule has 1 aromatic carbocycles. The lowest BCUT2D eigenvalue weighted by atomic mass is 9.98. The molecule has 0 spiro atoms. The topological polar surface area (TPSA) is 141 Å². The fourth-order valence-corrected chi connectivity index (χ4v) is 6.94. The van der Waals surface area contributed by atoms with Crippen molar-refractivity contribution in [2.24, 2.45) is 0 Å². The Labute approximate surface area is 306 Å². The van der Waals surface area contributed by atoms with Gasteiger partial charge in [-0.05, 0) is 65.8 Å². The molecule has 2 aliphatic heterocycles. The van der Waals surface area contributed by atoms with Gasteiger partial charge < -0.3 is 24.8 Å². The Balaban J connectivity index is 1.55. The molecule has 4 aromatic rings. The molecule has 1 amide bonds. The predicted molar refractivity (Wildman–Crippen MR) is 189 cm³/mol. The molecule has 1 fully saturated rings. The number of alkyl halides is 4. The molecule has 5 heterocycles. The van der Waals surface area contributed by atoms with Gasteiger partial charge in [-0.15, -0.1) is 0 Å². The van der Waals surface area contributed by atoms with Crippen LogP contribution in [0.4, 0.5) is 44.2 Å². The van der Waals surface area contributed by atoms with Gasteiger partial charge in [0.25, 0.3) is 0 Å². The number of nitrogen functional groups attached to an aromatic ring is 1. The highest BCUT2D eigenvalue weighted by molar-refractivity contribution is 6.36. The minimum atomic E-state index is -4.96. The first-order valence-corrected chi connectivity index (χ1v) is 17.1. The van der Waals surface area contributed by atoms with E-state index in [2.05, 4.69) is 25.3 Å². The first kappa shape index (κ1) is 38.0. The Kier molecular flexibility index (Phi) is 10.2. The summed E-state index contributed by atoms with van der Waals surface area (Å²) in [6.45, 7) is 8.24. The van der Waals surface area contributed by atoms with Crippen LogP contribution < -0.4 is 25.4 Å². The van der Waals surface area contributed by atoms with Gasteiger partial charge in [0.2, 0.25) is 0 Å². The number of hydrogen-bond acceptors (Lipinski definition) is 11. The average molecular weight is 765 g/mol. The molecule has 3 atom stereocenters. The standard InChI is InChI=1S/C35H38ClF5N8O4/c1-16-12-21(42)44-27(24(16)35(39,40)41)22-25(36)29-23-28(26(22)38)45-32(52-15-19-13-18(37)14-48(19)6)47-31(23)49(10-11-51-29)17(2)20-8-7-9-43-30(20)46-33(50)53-34(3,4)5/h7-9,12,17-19H,10-11,13-15H2,1-6H3,(H2,42,44)(H,43,46,50)/t17-,18-,19+/m1/s1. The van der Waals surface area contributed by atoms with E-state index in [1.807, 2.05) is 0 Å². The van der Waals surface area contributed by atoms with Crippen LogP contribution in [-0.4, -0.2) is 82.1 Å².